The quantitative estimate of drug-likeness (QED) is 0.851. The smallest absolute Gasteiger partial charge is 0.253 e. The first-order valence-corrected chi connectivity index (χ1v) is 9.16. The fourth-order valence-corrected chi connectivity index (χ4v) is 3.24. The maximum Gasteiger partial charge on any atom is 0.253 e. The molecule has 1 saturated heterocycles. The highest BCUT2D eigenvalue weighted by atomic mass is 19.1. The first-order valence-electron chi connectivity index (χ1n) is 9.16. The van der Waals surface area contributed by atoms with Crippen molar-refractivity contribution in [2.45, 2.75) is 19.8 Å². The van der Waals surface area contributed by atoms with E-state index in [1.165, 1.54) is 31.2 Å². The zero-order valence-corrected chi connectivity index (χ0v) is 15.6. The maximum atomic E-state index is 13.1. The topological polar surface area (TPSA) is 78.5 Å². The third-order valence-corrected chi connectivity index (χ3v) is 4.64. The van der Waals surface area contributed by atoms with E-state index in [9.17, 15) is 18.8 Å². The largest absolute Gasteiger partial charge is 0.338 e. The van der Waals surface area contributed by atoms with E-state index in [1.807, 2.05) is 0 Å². The number of nitrogens with one attached hydrogen (secondary N) is 2. The van der Waals surface area contributed by atoms with E-state index >= 15 is 0 Å². The summed E-state index contributed by atoms with van der Waals surface area (Å²) in [7, 11) is 0. The van der Waals surface area contributed by atoms with Gasteiger partial charge in [-0.1, -0.05) is 0 Å². The van der Waals surface area contributed by atoms with Gasteiger partial charge >= 0.3 is 0 Å². The van der Waals surface area contributed by atoms with E-state index in [1.54, 1.807) is 29.2 Å². The number of hydrogen-bond acceptors (Lipinski definition) is 3. The normalized spacial score (nSPS) is 16.4. The standard InChI is InChI=1S/C21H22FN3O3/c1-14(26)23-18-8-10-19(11-9-18)24-20(27)16-3-2-12-25(13-16)21(28)15-4-6-17(22)7-5-15/h4-11,16H,2-3,12-13H2,1H3,(H,23,26)(H,24,27). The molecular formula is C21H22FN3O3. The van der Waals surface area contributed by atoms with Crippen LogP contribution in [0.1, 0.15) is 30.1 Å². The molecule has 1 unspecified atom stereocenters. The number of hydrogen-bond donors (Lipinski definition) is 2. The molecular weight excluding hydrogens is 361 g/mol. The van der Waals surface area contributed by atoms with Crippen LogP contribution in [0.3, 0.4) is 0 Å². The number of likely N-dealkylation sites (tertiary alicyclic amines) is 1. The summed E-state index contributed by atoms with van der Waals surface area (Å²) in [4.78, 5) is 37.9. The van der Waals surface area contributed by atoms with Crippen molar-refractivity contribution in [1.29, 1.82) is 0 Å². The van der Waals surface area contributed by atoms with Gasteiger partial charge in [0.2, 0.25) is 11.8 Å². The fraction of sp³-hybridized carbons (Fsp3) is 0.286. The van der Waals surface area contributed by atoms with Crippen molar-refractivity contribution in [1.82, 2.24) is 4.90 Å². The van der Waals surface area contributed by atoms with Crippen LogP contribution in [0.25, 0.3) is 0 Å². The number of halogens is 1. The van der Waals surface area contributed by atoms with Gasteiger partial charge in [0, 0.05) is 37.0 Å². The lowest BCUT2D eigenvalue weighted by molar-refractivity contribution is -0.121. The molecule has 2 aromatic carbocycles. The number of benzene rings is 2. The molecule has 3 rings (SSSR count). The number of amides is 3. The third-order valence-electron chi connectivity index (χ3n) is 4.64. The Morgan fingerprint density at radius 2 is 1.57 bits per heavy atom. The minimum absolute atomic E-state index is 0.149. The molecule has 0 bridgehead atoms. The van der Waals surface area contributed by atoms with Crippen molar-refractivity contribution < 1.29 is 18.8 Å². The molecule has 146 valence electrons. The lowest BCUT2D eigenvalue weighted by Gasteiger charge is -2.32. The van der Waals surface area contributed by atoms with Gasteiger partial charge < -0.3 is 15.5 Å². The van der Waals surface area contributed by atoms with Gasteiger partial charge in [-0.05, 0) is 61.4 Å². The molecule has 1 fully saturated rings. The zero-order valence-electron chi connectivity index (χ0n) is 15.6. The van der Waals surface area contributed by atoms with Crippen molar-refractivity contribution in [3.05, 3.63) is 59.9 Å². The van der Waals surface area contributed by atoms with E-state index in [0.29, 0.717) is 36.4 Å². The summed E-state index contributed by atoms with van der Waals surface area (Å²) in [5.41, 5.74) is 1.69. The predicted octanol–water partition coefficient (Wildman–Crippen LogP) is 3.28. The second kappa shape index (κ2) is 8.65. The Kier molecular flexibility index (Phi) is 6.03. The molecule has 0 saturated carbocycles. The summed E-state index contributed by atoms with van der Waals surface area (Å²) in [6.45, 7) is 2.33. The molecule has 0 aromatic heterocycles. The van der Waals surface area contributed by atoms with Gasteiger partial charge in [0.15, 0.2) is 0 Å². The molecule has 2 aromatic rings. The lowest BCUT2D eigenvalue weighted by Crippen LogP contribution is -2.43. The number of carbonyl (C=O) groups is 3. The van der Waals surface area contributed by atoms with Gasteiger partial charge in [-0.2, -0.15) is 0 Å². The molecule has 6 nitrogen and oxygen atoms in total. The summed E-state index contributed by atoms with van der Waals surface area (Å²) in [6.07, 6.45) is 1.43. The average molecular weight is 383 g/mol. The van der Waals surface area contributed by atoms with Gasteiger partial charge in [-0.15, -0.1) is 0 Å². The van der Waals surface area contributed by atoms with Crippen LogP contribution in [0.2, 0.25) is 0 Å². The van der Waals surface area contributed by atoms with Gasteiger partial charge in [-0.25, -0.2) is 4.39 Å². The first kappa shape index (κ1) is 19.5. The predicted molar refractivity (Wildman–Crippen MR) is 104 cm³/mol. The third kappa shape index (κ3) is 4.94. The lowest BCUT2D eigenvalue weighted by atomic mass is 9.96. The summed E-state index contributed by atoms with van der Waals surface area (Å²) >= 11 is 0. The number of anilines is 2. The van der Waals surface area contributed by atoms with Crippen molar-refractivity contribution in [2.75, 3.05) is 23.7 Å². The average Bonchev–Trinajstić information content (AvgIpc) is 2.69. The maximum absolute atomic E-state index is 13.1. The van der Waals surface area contributed by atoms with Crippen LogP contribution in [0.15, 0.2) is 48.5 Å². The number of rotatable bonds is 4. The van der Waals surface area contributed by atoms with Gasteiger partial charge in [0.05, 0.1) is 5.92 Å². The second-order valence-corrected chi connectivity index (χ2v) is 6.85. The zero-order chi connectivity index (χ0) is 20.1. The Hall–Kier alpha value is -3.22. The van der Waals surface area contributed by atoms with E-state index in [-0.39, 0.29) is 23.6 Å². The SMILES string of the molecule is CC(=O)Nc1ccc(NC(=O)C2CCCN(C(=O)c3ccc(F)cc3)C2)cc1. The summed E-state index contributed by atoms with van der Waals surface area (Å²) in [5.74, 6) is -1.21. The minimum Gasteiger partial charge on any atom is -0.338 e. The first-order chi connectivity index (χ1) is 13.4. The van der Waals surface area contributed by atoms with Crippen molar-refractivity contribution in [3.8, 4) is 0 Å². The summed E-state index contributed by atoms with van der Waals surface area (Å²) in [5, 5.41) is 5.53. The van der Waals surface area contributed by atoms with Crippen LogP contribution >= 0.6 is 0 Å². The number of piperidine rings is 1. The number of nitrogens with zero attached hydrogens (tertiary/aromatic N) is 1. The molecule has 1 aliphatic heterocycles. The van der Waals surface area contributed by atoms with E-state index in [2.05, 4.69) is 10.6 Å². The molecule has 1 atom stereocenters. The van der Waals surface area contributed by atoms with E-state index in [0.717, 1.165) is 6.42 Å². The Balaban J connectivity index is 1.60. The molecule has 0 spiro atoms. The Labute approximate surface area is 162 Å². The molecule has 28 heavy (non-hydrogen) atoms. The van der Waals surface area contributed by atoms with Crippen LogP contribution in [-0.2, 0) is 9.59 Å². The fourth-order valence-electron chi connectivity index (χ4n) is 3.24. The second-order valence-electron chi connectivity index (χ2n) is 6.85. The monoisotopic (exact) mass is 383 g/mol. The van der Waals surface area contributed by atoms with Crippen molar-refractivity contribution >= 4 is 29.1 Å². The van der Waals surface area contributed by atoms with Crippen molar-refractivity contribution in [3.63, 3.8) is 0 Å². The van der Waals surface area contributed by atoms with E-state index < -0.39 is 5.82 Å². The molecule has 2 N–H and O–H groups in total. The van der Waals surface area contributed by atoms with Gasteiger partial charge in [-0.3, -0.25) is 14.4 Å². The van der Waals surface area contributed by atoms with Gasteiger partial charge in [0.25, 0.3) is 5.91 Å². The highest BCUT2D eigenvalue weighted by molar-refractivity contribution is 5.96. The van der Waals surface area contributed by atoms with Crippen LogP contribution in [0.4, 0.5) is 15.8 Å². The Morgan fingerprint density at radius 1 is 0.964 bits per heavy atom. The minimum atomic E-state index is -0.392. The highest BCUT2D eigenvalue weighted by Gasteiger charge is 2.29. The molecule has 0 radical (unpaired) electrons. The molecule has 7 heteroatoms. The van der Waals surface area contributed by atoms with Gasteiger partial charge in [0.1, 0.15) is 5.82 Å². The Morgan fingerprint density at radius 3 is 2.18 bits per heavy atom. The molecule has 1 aliphatic rings. The van der Waals surface area contributed by atoms with Crippen molar-refractivity contribution in [2.24, 2.45) is 5.92 Å². The van der Waals surface area contributed by atoms with Crippen LogP contribution in [0, 0.1) is 11.7 Å². The van der Waals surface area contributed by atoms with Crippen LogP contribution < -0.4 is 10.6 Å². The molecule has 3 amide bonds. The van der Waals surface area contributed by atoms with Crippen LogP contribution in [0.5, 0.6) is 0 Å². The summed E-state index contributed by atoms with van der Waals surface area (Å²) < 4.78 is 13.1. The molecule has 1 heterocycles. The highest BCUT2D eigenvalue weighted by Crippen LogP contribution is 2.21. The summed E-state index contributed by atoms with van der Waals surface area (Å²) in [6, 6.07) is 12.3. The van der Waals surface area contributed by atoms with E-state index in [4.69, 9.17) is 0 Å². The number of carbonyl (C=O) groups excluding carboxylic acids is 3. The molecule has 0 aliphatic carbocycles. The Bertz CT molecular complexity index is 865. The van der Waals surface area contributed by atoms with Crippen LogP contribution in [-0.4, -0.2) is 35.7 Å².